The number of thiazole rings is 2. The van der Waals surface area contributed by atoms with E-state index in [-0.39, 0.29) is 17.9 Å². The molecule has 0 saturated heterocycles. The van der Waals surface area contributed by atoms with Crippen molar-refractivity contribution in [1.29, 1.82) is 0 Å². The molecule has 0 fully saturated rings. The molecule has 0 radical (unpaired) electrons. The van der Waals surface area contributed by atoms with Crippen molar-refractivity contribution in [3.8, 4) is 10.7 Å². The van der Waals surface area contributed by atoms with Crippen LogP contribution in [0.4, 0.5) is 0 Å². The third kappa shape index (κ3) is 8.38. The number of allylic oxidation sites excluding steroid dienone is 4. The Morgan fingerprint density at radius 3 is 2.39 bits per heavy atom. The molecule has 2 heterocycles. The fraction of sp³-hybridized carbons (Fsp3) is 0.400. The highest BCUT2D eigenvalue weighted by molar-refractivity contribution is 7.14. The van der Waals surface area contributed by atoms with E-state index >= 15 is 0 Å². The van der Waals surface area contributed by atoms with Crippen molar-refractivity contribution in [3.05, 3.63) is 63.7 Å². The first-order valence-electron chi connectivity index (χ1n) is 10.8. The lowest BCUT2D eigenvalue weighted by molar-refractivity contribution is -0.113. The second-order valence-corrected chi connectivity index (χ2v) is 9.70. The molecular formula is C25H33N3O3S2. The molecule has 178 valence electrons. The molecule has 0 aliphatic rings. The number of carbonyl (C=O) groups excluding carboxylic acids is 1. The first-order valence-corrected chi connectivity index (χ1v) is 12.5. The summed E-state index contributed by atoms with van der Waals surface area (Å²) in [6, 6.07) is 0. The highest BCUT2D eigenvalue weighted by atomic mass is 32.1. The number of carbonyl (C=O) groups is 1. The zero-order valence-electron chi connectivity index (χ0n) is 20.0. The van der Waals surface area contributed by atoms with E-state index in [1.54, 1.807) is 29.8 Å². The Bertz CT molecular complexity index is 1020. The van der Waals surface area contributed by atoms with Crippen LogP contribution in [0.1, 0.15) is 44.3 Å². The maximum Gasteiger partial charge on any atom is 0.244 e. The topological polar surface area (TPSA) is 87.3 Å². The summed E-state index contributed by atoms with van der Waals surface area (Å²) < 4.78 is 10.9. The van der Waals surface area contributed by atoms with Gasteiger partial charge in [-0.3, -0.25) is 4.79 Å². The van der Waals surface area contributed by atoms with Crippen LogP contribution in [0.5, 0.6) is 0 Å². The molecule has 6 nitrogen and oxygen atoms in total. The number of aromatic nitrogens is 2. The van der Waals surface area contributed by atoms with Gasteiger partial charge in [0.25, 0.3) is 0 Å². The van der Waals surface area contributed by atoms with Crippen LogP contribution in [-0.4, -0.2) is 36.2 Å². The second kappa shape index (κ2) is 13.2. The highest BCUT2D eigenvalue weighted by Gasteiger charge is 2.20. The van der Waals surface area contributed by atoms with Gasteiger partial charge in [-0.2, -0.15) is 0 Å². The van der Waals surface area contributed by atoms with E-state index in [9.17, 15) is 4.79 Å². The number of hydrogen-bond acceptors (Lipinski definition) is 7. The van der Waals surface area contributed by atoms with Gasteiger partial charge in [-0.25, -0.2) is 9.97 Å². The fourth-order valence-corrected chi connectivity index (χ4v) is 4.66. The molecule has 33 heavy (non-hydrogen) atoms. The third-order valence-electron chi connectivity index (χ3n) is 4.85. The van der Waals surface area contributed by atoms with Gasteiger partial charge in [-0.15, -0.1) is 22.7 Å². The molecular weight excluding hydrogens is 454 g/mol. The lowest BCUT2D eigenvalue weighted by Crippen LogP contribution is -2.22. The zero-order valence-corrected chi connectivity index (χ0v) is 21.7. The molecule has 3 atom stereocenters. The van der Waals surface area contributed by atoms with Crippen LogP contribution in [0.2, 0.25) is 0 Å². The maximum absolute atomic E-state index is 11.2. The van der Waals surface area contributed by atoms with Crippen molar-refractivity contribution in [1.82, 2.24) is 9.97 Å². The predicted molar refractivity (Wildman–Crippen MR) is 138 cm³/mol. The Morgan fingerprint density at radius 1 is 1.03 bits per heavy atom. The molecule has 8 heteroatoms. The normalized spacial score (nSPS) is 15.7. The second-order valence-electron chi connectivity index (χ2n) is 7.95. The van der Waals surface area contributed by atoms with Crippen molar-refractivity contribution in [3.63, 3.8) is 0 Å². The van der Waals surface area contributed by atoms with E-state index < -0.39 is 5.91 Å². The minimum Gasteiger partial charge on any atom is -0.501 e. The number of nitrogens with two attached hydrogens (primary N) is 1. The summed E-state index contributed by atoms with van der Waals surface area (Å²) in [6.45, 7) is 8.37. The van der Waals surface area contributed by atoms with Crippen LogP contribution < -0.4 is 5.73 Å². The lowest BCUT2D eigenvalue weighted by Gasteiger charge is -2.21. The number of ether oxygens (including phenoxy) is 2. The number of primary amides is 1. The molecule has 3 unspecified atom stereocenters. The van der Waals surface area contributed by atoms with Crippen LogP contribution in [0.25, 0.3) is 16.8 Å². The summed E-state index contributed by atoms with van der Waals surface area (Å²) in [5, 5.41) is 5.98. The number of nitrogens with zero attached hydrogens (tertiary/aromatic N) is 2. The summed E-state index contributed by atoms with van der Waals surface area (Å²) in [6.07, 6.45) is 13.3. The minimum absolute atomic E-state index is 0.187. The van der Waals surface area contributed by atoms with Crippen molar-refractivity contribution in [2.24, 2.45) is 17.6 Å². The summed E-state index contributed by atoms with van der Waals surface area (Å²) in [4.78, 5) is 20.7. The van der Waals surface area contributed by atoms with Crippen molar-refractivity contribution in [2.45, 2.75) is 39.7 Å². The van der Waals surface area contributed by atoms with Crippen LogP contribution >= 0.6 is 22.7 Å². The van der Waals surface area contributed by atoms with Gasteiger partial charge in [-0.05, 0) is 12.0 Å². The molecule has 1 amide bonds. The minimum atomic E-state index is -0.555. The Kier molecular flexibility index (Phi) is 10.7. The maximum atomic E-state index is 11.2. The summed E-state index contributed by atoms with van der Waals surface area (Å²) >= 11 is 3.20. The van der Waals surface area contributed by atoms with Gasteiger partial charge in [0, 0.05) is 35.8 Å². The molecule has 2 aromatic heterocycles. The summed E-state index contributed by atoms with van der Waals surface area (Å²) in [5.74, 6) is 0.512. The predicted octanol–water partition coefficient (Wildman–Crippen LogP) is 5.82. The average Bonchev–Trinajstić information content (AvgIpc) is 3.44. The number of amides is 1. The van der Waals surface area contributed by atoms with Crippen LogP contribution in [-0.2, 0) is 14.3 Å². The van der Waals surface area contributed by atoms with Gasteiger partial charge in [0.05, 0.1) is 23.9 Å². The molecule has 0 aliphatic carbocycles. The Hall–Kier alpha value is -2.55. The lowest BCUT2D eigenvalue weighted by atomic mass is 10.0. The molecule has 0 bridgehead atoms. The van der Waals surface area contributed by atoms with Crippen LogP contribution in [0.3, 0.4) is 0 Å². The molecule has 0 spiro atoms. The SMILES string of the molecule is CO/C(=C\C(N)=O)C(C)C(/C=C/c1csc(-c2csc(C(C)/C=C/C=C/C(C)C)n2)n1)OC. The molecule has 2 rings (SSSR count). The van der Waals surface area contributed by atoms with Gasteiger partial charge in [-0.1, -0.05) is 58.1 Å². The number of methoxy groups -OCH3 is 2. The highest BCUT2D eigenvalue weighted by Crippen LogP contribution is 2.29. The fourth-order valence-electron chi connectivity index (χ4n) is 3.00. The van der Waals surface area contributed by atoms with Crippen molar-refractivity contribution >= 4 is 34.7 Å². The smallest absolute Gasteiger partial charge is 0.244 e. The van der Waals surface area contributed by atoms with Gasteiger partial charge in [0.1, 0.15) is 16.5 Å². The van der Waals surface area contributed by atoms with E-state index in [0.29, 0.717) is 11.7 Å². The standard InChI is InChI=1S/C25H33N3O3S2/c1-16(2)9-7-8-10-17(3)24-28-20(15-33-24)25-27-19(14-32-25)11-12-21(30-5)18(4)22(31-6)13-23(26)29/h7-18,21H,1-6H3,(H2,26,29)/b9-7+,10-8+,12-11+,22-13-. The molecule has 2 aromatic rings. The summed E-state index contributed by atoms with van der Waals surface area (Å²) in [5.41, 5.74) is 6.97. The molecule has 2 N–H and O–H groups in total. The number of rotatable bonds is 12. The molecule has 0 aromatic carbocycles. The van der Waals surface area contributed by atoms with Crippen molar-refractivity contribution < 1.29 is 14.3 Å². The van der Waals surface area contributed by atoms with Crippen molar-refractivity contribution in [2.75, 3.05) is 14.2 Å². The quantitative estimate of drug-likeness (QED) is 0.232. The van der Waals surface area contributed by atoms with Gasteiger partial charge in [0.15, 0.2) is 0 Å². The van der Waals surface area contributed by atoms with E-state index in [1.165, 1.54) is 13.2 Å². The molecule has 0 saturated carbocycles. The van der Waals surface area contributed by atoms with E-state index in [1.807, 2.05) is 24.5 Å². The van der Waals surface area contributed by atoms with Gasteiger partial charge < -0.3 is 15.2 Å². The first kappa shape index (κ1) is 26.7. The Labute approximate surface area is 204 Å². The zero-order chi connectivity index (χ0) is 24.4. The molecule has 0 aliphatic heterocycles. The largest absolute Gasteiger partial charge is 0.501 e. The van der Waals surface area contributed by atoms with Gasteiger partial charge >= 0.3 is 0 Å². The van der Waals surface area contributed by atoms with E-state index in [4.69, 9.17) is 25.2 Å². The average molecular weight is 488 g/mol. The first-order chi connectivity index (χ1) is 15.7. The van der Waals surface area contributed by atoms with E-state index in [0.717, 1.165) is 21.4 Å². The Morgan fingerprint density at radius 2 is 1.76 bits per heavy atom. The van der Waals surface area contributed by atoms with Crippen LogP contribution in [0.15, 0.2) is 53.0 Å². The third-order valence-corrected chi connectivity index (χ3v) is 6.78. The summed E-state index contributed by atoms with van der Waals surface area (Å²) in [7, 11) is 3.12. The van der Waals surface area contributed by atoms with E-state index in [2.05, 4.69) is 50.5 Å². The monoisotopic (exact) mass is 487 g/mol. The van der Waals surface area contributed by atoms with Crippen LogP contribution in [0, 0.1) is 11.8 Å². The van der Waals surface area contributed by atoms with Gasteiger partial charge in [0.2, 0.25) is 5.91 Å². The number of hydrogen-bond donors (Lipinski definition) is 1. The Balaban J connectivity index is 2.09.